The molecule has 0 saturated heterocycles. The van der Waals surface area contributed by atoms with Crippen LogP contribution in [0.4, 0.5) is 0 Å². The van der Waals surface area contributed by atoms with Gasteiger partial charge in [-0.2, -0.15) is 5.11 Å². The molecule has 4 heteroatoms. The van der Waals surface area contributed by atoms with Gasteiger partial charge >= 0.3 is 0 Å². The zero-order valence-corrected chi connectivity index (χ0v) is 9.02. The Morgan fingerprint density at radius 1 is 1.40 bits per heavy atom. The summed E-state index contributed by atoms with van der Waals surface area (Å²) in [4.78, 5) is 1.94. The molecule has 1 aromatic rings. The fourth-order valence-electron chi connectivity index (χ4n) is 1.52. The van der Waals surface area contributed by atoms with Gasteiger partial charge < -0.3 is 4.90 Å². The largest absolute Gasteiger partial charge is 0.315 e. The van der Waals surface area contributed by atoms with Gasteiger partial charge in [-0.05, 0) is 17.8 Å². The van der Waals surface area contributed by atoms with Gasteiger partial charge in [0.1, 0.15) is 0 Å². The van der Waals surface area contributed by atoms with Gasteiger partial charge in [0.2, 0.25) is 5.11 Å². The lowest BCUT2D eigenvalue weighted by Crippen LogP contribution is -2.27. The molecule has 2 rings (SSSR count). The van der Waals surface area contributed by atoms with Crippen LogP contribution in [0.5, 0.6) is 0 Å². The molecular formula is C11H11N3S. The van der Waals surface area contributed by atoms with Gasteiger partial charge in [-0.1, -0.05) is 36.4 Å². The monoisotopic (exact) mass is 217 g/mol. The van der Waals surface area contributed by atoms with Gasteiger partial charge in [-0.15, -0.1) is 11.7 Å². The van der Waals surface area contributed by atoms with Crippen LogP contribution in [0.2, 0.25) is 0 Å². The summed E-state index contributed by atoms with van der Waals surface area (Å²) in [5, 5.41) is 8.61. The molecule has 0 saturated carbocycles. The van der Waals surface area contributed by atoms with Gasteiger partial charge in [0.05, 0.1) is 0 Å². The number of thiocarbonyl (C=S) groups is 1. The fraction of sp³-hybridized carbons (Fsp3) is 0.182. The topological polar surface area (TPSA) is 28.0 Å². The maximum Gasteiger partial charge on any atom is 0.218 e. The molecule has 0 fully saturated rings. The van der Waals surface area contributed by atoms with Crippen LogP contribution in [0.15, 0.2) is 53.2 Å². The lowest BCUT2D eigenvalue weighted by atomic mass is 10.1. The van der Waals surface area contributed by atoms with Crippen LogP contribution in [0, 0.1) is 0 Å². The number of nitrogens with zero attached hydrogens (tertiary/aromatic N) is 3. The molecule has 0 spiro atoms. The van der Waals surface area contributed by atoms with E-state index in [1.165, 1.54) is 0 Å². The lowest BCUT2D eigenvalue weighted by Gasteiger charge is -2.21. The minimum Gasteiger partial charge on any atom is -0.315 e. The molecule has 1 heterocycles. The van der Waals surface area contributed by atoms with E-state index >= 15 is 0 Å². The molecule has 1 atom stereocenters. The van der Waals surface area contributed by atoms with E-state index in [-0.39, 0.29) is 6.17 Å². The minimum absolute atomic E-state index is 0.0864. The van der Waals surface area contributed by atoms with Crippen LogP contribution in [-0.4, -0.2) is 16.6 Å². The molecule has 1 aliphatic heterocycles. The molecule has 1 unspecified atom stereocenters. The summed E-state index contributed by atoms with van der Waals surface area (Å²) in [6.45, 7) is 4.37. The van der Waals surface area contributed by atoms with Gasteiger partial charge in [-0.3, -0.25) is 0 Å². The van der Waals surface area contributed by atoms with Gasteiger partial charge in [0, 0.05) is 6.54 Å². The van der Waals surface area contributed by atoms with Gasteiger partial charge in [0.15, 0.2) is 6.17 Å². The minimum atomic E-state index is -0.0864. The maximum absolute atomic E-state index is 5.10. The lowest BCUT2D eigenvalue weighted by molar-refractivity contribution is 0.380. The van der Waals surface area contributed by atoms with E-state index in [0.29, 0.717) is 11.7 Å². The van der Waals surface area contributed by atoms with E-state index in [4.69, 9.17) is 12.2 Å². The van der Waals surface area contributed by atoms with Crippen molar-refractivity contribution in [2.24, 2.45) is 10.2 Å². The molecule has 0 aromatic heterocycles. The second-order valence-corrected chi connectivity index (χ2v) is 3.59. The zero-order valence-electron chi connectivity index (χ0n) is 8.21. The third-order valence-corrected chi connectivity index (χ3v) is 2.53. The fourth-order valence-corrected chi connectivity index (χ4v) is 1.74. The van der Waals surface area contributed by atoms with E-state index in [1.807, 2.05) is 35.2 Å². The number of benzene rings is 1. The normalized spacial score (nSPS) is 19.6. The Hall–Kier alpha value is -1.55. The summed E-state index contributed by atoms with van der Waals surface area (Å²) >= 11 is 5.10. The zero-order chi connectivity index (χ0) is 10.7. The summed E-state index contributed by atoms with van der Waals surface area (Å²) < 4.78 is 0. The molecule has 0 radical (unpaired) electrons. The summed E-state index contributed by atoms with van der Waals surface area (Å²) in [7, 11) is 0. The SMILES string of the molecule is C=CCN1C(=S)N=NC1c1ccccc1. The first-order valence-corrected chi connectivity index (χ1v) is 5.11. The van der Waals surface area contributed by atoms with E-state index in [2.05, 4.69) is 16.8 Å². The van der Waals surface area contributed by atoms with Crippen molar-refractivity contribution in [3.05, 3.63) is 48.6 Å². The highest BCUT2D eigenvalue weighted by Crippen LogP contribution is 2.27. The molecule has 1 aliphatic rings. The third-order valence-electron chi connectivity index (χ3n) is 2.22. The van der Waals surface area contributed by atoms with Crippen LogP contribution in [-0.2, 0) is 0 Å². The average molecular weight is 217 g/mol. The Labute approximate surface area is 94.1 Å². The Kier molecular flexibility index (Phi) is 2.87. The van der Waals surface area contributed by atoms with Crippen molar-refractivity contribution in [3.8, 4) is 0 Å². The molecule has 0 aliphatic carbocycles. The molecule has 0 bridgehead atoms. The maximum atomic E-state index is 5.10. The second-order valence-electron chi connectivity index (χ2n) is 3.22. The summed E-state index contributed by atoms with van der Waals surface area (Å²) in [6, 6.07) is 9.99. The quantitative estimate of drug-likeness (QED) is 0.575. The molecule has 3 nitrogen and oxygen atoms in total. The first kappa shape index (κ1) is 9.98. The predicted octanol–water partition coefficient (Wildman–Crippen LogP) is 2.92. The van der Waals surface area contributed by atoms with Crippen molar-refractivity contribution < 1.29 is 0 Å². The number of hydrogen-bond acceptors (Lipinski definition) is 2. The van der Waals surface area contributed by atoms with Crippen molar-refractivity contribution in [2.45, 2.75) is 6.17 Å². The number of azo groups is 1. The highest BCUT2D eigenvalue weighted by molar-refractivity contribution is 7.80. The third kappa shape index (κ3) is 1.94. The number of hydrogen-bond donors (Lipinski definition) is 0. The van der Waals surface area contributed by atoms with Crippen molar-refractivity contribution in [2.75, 3.05) is 6.54 Å². The highest BCUT2D eigenvalue weighted by Gasteiger charge is 2.26. The first-order chi connectivity index (χ1) is 7.33. The summed E-state index contributed by atoms with van der Waals surface area (Å²) in [5.74, 6) is 0. The number of rotatable bonds is 3. The van der Waals surface area contributed by atoms with E-state index < -0.39 is 0 Å². The molecule has 1 aromatic carbocycles. The predicted molar refractivity (Wildman–Crippen MR) is 63.5 cm³/mol. The standard InChI is InChI=1S/C11H11N3S/c1-2-8-14-10(12-13-11(14)15)9-6-4-3-5-7-9/h2-7,10H,1,8H2. The first-order valence-electron chi connectivity index (χ1n) is 4.70. The Bertz CT molecular complexity index is 400. The van der Waals surface area contributed by atoms with Gasteiger partial charge in [0.25, 0.3) is 0 Å². The molecular weight excluding hydrogens is 206 g/mol. The Balaban J connectivity index is 2.26. The Morgan fingerprint density at radius 3 is 2.80 bits per heavy atom. The van der Waals surface area contributed by atoms with Crippen LogP contribution in [0.1, 0.15) is 11.7 Å². The summed E-state index contributed by atoms with van der Waals surface area (Å²) in [6.07, 6.45) is 1.72. The molecule has 0 amide bonds. The van der Waals surface area contributed by atoms with E-state index in [1.54, 1.807) is 6.08 Å². The van der Waals surface area contributed by atoms with Crippen LogP contribution >= 0.6 is 12.2 Å². The molecule has 0 N–H and O–H groups in total. The van der Waals surface area contributed by atoms with Crippen molar-refractivity contribution in [1.29, 1.82) is 0 Å². The molecule has 15 heavy (non-hydrogen) atoms. The van der Waals surface area contributed by atoms with Gasteiger partial charge in [-0.25, -0.2) is 0 Å². The van der Waals surface area contributed by atoms with E-state index in [0.717, 1.165) is 5.56 Å². The smallest absolute Gasteiger partial charge is 0.218 e. The molecule has 76 valence electrons. The second kappa shape index (κ2) is 4.31. The van der Waals surface area contributed by atoms with Crippen LogP contribution < -0.4 is 0 Å². The van der Waals surface area contributed by atoms with E-state index in [9.17, 15) is 0 Å². The summed E-state index contributed by atoms with van der Waals surface area (Å²) in [5.41, 5.74) is 1.10. The Morgan fingerprint density at radius 2 is 2.13 bits per heavy atom. The average Bonchev–Trinajstić information content (AvgIpc) is 2.63. The van der Waals surface area contributed by atoms with Crippen molar-refractivity contribution in [1.82, 2.24) is 4.90 Å². The highest BCUT2D eigenvalue weighted by atomic mass is 32.1. The van der Waals surface area contributed by atoms with Crippen LogP contribution in [0.3, 0.4) is 0 Å². The van der Waals surface area contributed by atoms with Crippen molar-refractivity contribution in [3.63, 3.8) is 0 Å². The van der Waals surface area contributed by atoms with Crippen LogP contribution in [0.25, 0.3) is 0 Å². The van der Waals surface area contributed by atoms with Crippen molar-refractivity contribution >= 4 is 17.3 Å².